The van der Waals surface area contributed by atoms with Crippen LogP contribution in [0.25, 0.3) is 11.1 Å². The van der Waals surface area contributed by atoms with Crippen molar-refractivity contribution in [2.45, 2.75) is 64.5 Å². The lowest BCUT2D eigenvalue weighted by Crippen LogP contribution is -2.51. The first-order chi connectivity index (χ1) is 16.6. The van der Waals surface area contributed by atoms with E-state index in [2.05, 4.69) is 29.6 Å². The van der Waals surface area contributed by atoms with Crippen LogP contribution in [0.2, 0.25) is 0 Å². The maximum Gasteiger partial charge on any atom is 0.407 e. The highest BCUT2D eigenvalue weighted by Gasteiger charge is 2.38. The Labute approximate surface area is 206 Å². The molecule has 2 amide bonds. The summed E-state index contributed by atoms with van der Waals surface area (Å²) in [7, 11) is 0. The van der Waals surface area contributed by atoms with Gasteiger partial charge in [0.2, 0.25) is 5.91 Å². The zero-order valence-corrected chi connectivity index (χ0v) is 20.6. The Morgan fingerprint density at radius 1 is 1.03 bits per heavy atom. The van der Waals surface area contributed by atoms with E-state index in [4.69, 9.17) is 9.84 Å². The number of hydrogen-bond acceptors (Lipinski definition) is 4. The topological polar surface area (TPSA) is 95.9 Å². The number of nitrogens with one attached hydrogen (secondary N) is 1. The zero-order valence-electron chi connectivity index (χ0n) is 20.6. The van der Waals surface area contributed by atoms with Crippen LogP contribution in [-0.2, 0) is 14.3 Å². The molecule has 0 saturated heterocycles. The molecule has 186 valence electrons. The van der Waals surface area contributed by atoms with E-state index in [0.717, 1.165) is 35.1 Å². The molecule has 1 saturated carbocycles. The van der Waals surface area contributed by atoms with Crippen molar-refractivity contribution in [3.8, 4) is 11.1 Å². The van der Waals surface area contributed by atoms with Gasteiger partial charge >= 0.3 is 12.1 Å². The van der Waals surface area contributed by atoms with Crippen molar-refractivity contribution in [2.75, 3.05) is 13.2 Å². The van der Waals surface area contributed by atoms with Gasteiger partial charge in [-0.1, -0.05) is 69.3 Å². The van der Waals surface area contributed by atoms with Crippen LogP contribution in [0.1, 0.15) is 63.5 Å². The number of carboxylic acid groups (broad SMARTS) is 1. The summed E-state index contributed by atoms with van der Waals surface area (Å²) in [6, 6.07) is 15.5. The molecule has 2 N–H and O–H groups in total. The Balaban J connectivity index is 1.45. The normalized spacial score (nSPS) is 15.6. The van der Waals surface area contributed by atoms with Gasteiger partial charge in [-0.3, -0.25) is 9.59 Å². The SMILES string of the molecule is CC(C)(C)CC(NC(=O)OCC1c2ccccc2-c2ccccc21)C(=O)N(CCC(=O)O)C1CC1. The first-order valence-electron chi connectivity index (χ1n) is 12.3. The monoisotopic (exact) mass is 478 g/mol. The van der Waals surface area contributed by atoms with Crippen molar-refractivity contribution < 1.29 is 24.2 Å². The average molecular weight is 479 g/mol. The molecule has 35 heavy (non-hydrogen) atoms. The van der Waals surface area contributed by atoms with Crippen molar-refractivity contribution in [2.24, 2.45) is 5.41 Å². The van der Waals surface area contributed by atoms with Crippen LogP contribution in [0.15, 0.2) is 48.5 Å². The van der Waals surface area contributed by atoms with Gasteiger partial charge in [-0.2, -0.15) is 0 Å². The minimum Gasteiger partial charge on any atom is -0.481 e. The summed E-state index contributed by atoms with van der Waals surface area (Å²) in [5, 5.41) is 11.9. The molecule has 0 radical (unpaired) electrons. The molecule has 2 aromatic rings. The number of fused-ring (bicyclic) bond motifs is 3. The van der Waals surface area contributed by atoms with Gasteiger partial charge < -0.3 is 20.1 Å². The van der Waals surface area contributed by atoms with Gasteiger partial charge in [-0.15, -0.1) is 0 Å². The Hall–Kier alpha value is -3.35. The molecule has 4 rings (SSSR count). The smallest absolute Gasteiger partial charge is 0.407 e. The number of aliphatic carboxylic acids is 1. The number of benzene rings is 2. The molecule has 0 heterocycles. The third-order valence-corrected chi connectivity index (χ3v) is 6.59. The van der Waals surface area contributed by atoms with E-state index >= 15 is 0 Å². The third kappa shape index (κ3) is 6.02. The molecular formula is C28H34N2O5. The number of ether oxygens (including phenoxy) is 1. The highest BCUT2D eigenvalue weighted by atomic mass is 16.5. The molecule has 1 unspecified atom stereocenters. The van der Waals surface area contributed by atoms with Crippen LogP contribution in [0.3, 0.4) is 0 Å². The Kier molecular flexibility index (Phi) is 7.15. The van der Waals surface area contributed by atoms with Crippen molar-refractivity contribution in [1.29, 1.82) is 0 Å². The number of carbonyl (C=O) groups is 3. The van der Waals surface area contributed by atoms with E-state index in [1.807, 2.05) is 45.0 Å². The highest BCUT2D eigenvalue weighted by Crippen LogP contribution is 2.44. The number of carbonyl (C=O) groups excluding carboxylic acids is 2. The number of amides is 2. The maximum atomic E-state index is 13.4. The number of rotatable bonds is 9. The minimum atomic E-state index is -0.944. The molecule has 1 atom stereocenters. The molecule has 1 fully saturated rings. The van der Waals surface area contributed by atoms with Gasteiger partial charge in [-0.05, 0) is 46.9 Å². The van der Waals surface area contributed by atoms with Gasteiger partial charge in [-0.25, -0.2) is 4.79 Å². The van der Waals surface area contributed by atoms with Crippen molar-refractivity contribution in [1.82, 2.24) is 10.2 Å². The number of nitrogens with zero attached hydrogens (tertiary/aromatic N) is 1. The molecular weight excluding hydrogens is 444 g/mol. The Bertz CT molecular complexity index is 1060. The second-order valence-corrected chi connectivity index (χ2v) is 10.7. The van der Waals surface area contributed by atoms with Crippen molar-refractivity contribution >= 4 is 18.0 Å². The first-order valence-corrected chi connectivity index (χ1v) is 12.3. The van der Waals surface area contributed by atoms with Crippen LogP contribution in [0.4, 0.5) is 4.79 Å². The standard InChI is InChI=1S/C28H34N2O5/c1-28(2,3)16-24(26(33)30(18-12-13-18)15-14-25(31)32)29-27(34)35-17-23-21-10-6-4-8-19(21)20-9-5-7-11-22(20)23/h4-11,18,23-24H,12-17H2,1-3H3,(H,29,34)(H,31,32). The summed E-state index contributed by atoms with van der Waals surface area (Å²) in [5.74, 6) is -1.25. The lowest BCUT2D eigenvalue weighted by atomic mass is 9.87. The van der Waals surface area contributed by atoms with E-state index in [-0.39, 0.29) is 42.9 Å². The predicted octanol–water partition coefficient (Wildman–Crippen LogP) is 4.80. The van der Waals surface area contributed by atoms with E-state index in [9.17, 15) is 14.4 Å². The van der Waals surface area contributed by atoms with Gasteiger partial charge in [0.15, 0.2) is 0 Å². The van der Waals surface area contributed by atoms with Gasteiger partial charge in [0.05, 0.1) is 6.42 Å². The van der Waals surface area contributed by atoms with E-state index < -0.39 is 18.1 Å². The van der Waals surface area contributed by atoms with E-state index in [0.29, 0.717) is 6.42 Å². The average Bonchev–Trinajstić information content (AvgIpc) is 3.58. The van der Waals surface area contributed by atoms with Gasteiger partial charge in [0.25, 0.3) is 0 Å². The molecule has 7 nitrogen and oxygen atoms in total. The summed E-state index contributed by atoms with van der Waals surface area (Å²) in [5.41, 5.74) is 4.32. The van der Waals surface area contributed by atoms with E-state index in [1.54, 1.807) is 4.90 Å². The molecule has 0 aliphatic heterocycles. The van der Waals surface area contributed by atoms with Gasteiger partial charge in [0, 0.05) is 18.5 Å². The quantitative estimate of drug-likeness (QED) is 0.540. The van der Waals surface area contributed by atoms with E-state index in [1.165, 1.54) is 0 Å². The molecule has 2 aliphatic rings. The van der Waals surface area contributed by atoms with Crippen LogP contribution in [0, 0.1) is 5.41 Å². The summed E-state index contributed by atoms with van der Waals surface area (Å²) in [6.07, 6.45) is 1.39. The highest BCUT2D eigenvalue weighted by molar-refractivity contribution is 5.86. The van der Waals surface area contributed by atoms with Crippen LogP contribution in [0.5, 0.6) is 0 Å². The second kappa shape index (κ2) is 10.1. The summed E-state index contributed by atoms with van der Waals surface area (Å²) >= 11 is 0. The lowest BCUT2D eigenvalue weighted by molar-refractivity contribution is -0.139. The third-order valence-electron chi connectivity index (χ3n) is 6.59. The molecule has 2 aromatic carbocycles. The first kappa shape index (κ1) is 24.8. The van der Waals surface area contributed by atoms with Gasteiger partial charge in [0.1, 0.15) is 12.6 Å². The second-order valence-electron chi connectivity index (χ2n) is 10.7. The fourth-order valence-corrected chi connectivity index (χ4v) is 4.87. The summed E-state index contributed by atoms with van der Waals surface area (Å²) in [6.45, 7) is 6.33. The minimum absolute atomic E-state index is 0.0497. The Morgan fingerprint density at radius 2 is 1.60 bits per heavy atom. The molecule has 0 aromatic heterocycles. The van der Waals surface area contributed by atoms with Crippen LogP contribution >= 0.6 is 0 Å². The lowest BCUT2D eigenvalue weighted by Gasteiger charge is -2.31. The zero-order chi connectivity index (χ0) is 25.2. The largest absolute Gasteiger partial charge is 0.481 e. The fraction of sp³-hybridized carbons (Fsp3) is 0.464. The maximum absolute atomic E-state index is 13.4. The number of hydrogen-bond donors (Lipinski definition) is 2. The molecule has 2 aliphatic carbocycles. The Morgan fingerprint density at radius 3 is 2.11 bits per heavy atom. The fourth-order valence-electron chi connectivity index (χ4n) is 4.87. The van der Waals surface area contributed by atoms with Crippen LogP contribution < -0.4 is 5.32 Å². The molecule has 0 spiro atoms. The van der Waals surface area contributed by atoms with Crippen LogP contribution in [-0.4, -0.2) is 53.2 Å². The van der Waals surface area contributed by atoms with Crippen molar-refractivity contribution in [3.63, 3.8) is 0 Å². The number of carboxylic acids is 1. The predicted molar refractivity (Wildman–Crippen MR) is 133 cm³/mol. The molecule has 0 bridgehead atoms. The summed E-state index contributed by atoms with van der Waals surface area (Å²) in [4.78, 5) is 39.0. The number of alkyl carbamates (subject to hydrolysis) is 1. The van der Waals surface area contributed by atoms with Crippen molar-refractivity contribution in [3.05, 3.63) is 59.7 Å². The summed E-state index contributed by atoms with van der Waals surface area (Å²) < 4.78 is 5.67. The molecule has 7 heteroatoms.